The zero-order valence-corrected chi connectivity index (χ0v) is 8.19. The van der Waals surface area contributed by atoms with Crippen molar-refractivity contribution in [3.63, 3.8) is 0 Å². The first-order valence-corrected chi connectivity index (χ1v) is 4.11. The van der Waals surface area contributed by atoms with Crippen molar-refractivity contribution in [2.45, 2.75) is 26.0 Å². The summed E-state index contributed by atoms with van der Waals surface area (Å²) in [5, 5.41) is 16.5. The number of nitrogens with zero attached hydrogens (tertiary/aromatic N) is 3. The molecule has 1 N–H and O–H groups in total. The van der Waals surface area contributed by atoms with Crippen LogP contribution in [0.4, 0.5) is 0 Å². The highest BCUT2D eigenvalue weighted by Crippen LogP contribution is 2.16. The third-order valence-electron chi connectivity index (χ3n) is 1.91. The molecule has 0 saturated carbocycles. The Balaban J connectivity index is 2.91. The fraction of sp³-hybridized carbons (Fsp3) is 0.750. The van der Waals surface area contributed by atoms with Crippen molar-refractivity contribution in [3.05, 3.63) is 12.2 Å². The number of aliphatic hydroxyl groups is 1. The Morgan fingerprint density at radius 3 is 2.85 bits per heavy atom. The van der Waals surface area contributed by atoms with E-state index in [9.17, 15) is 0 Å². The van der Waals surface area contributed by atoms with Crippen LogP contribution in [0.15, 0.2) is 6.33 Å². The van der Waals surface area contributed by atoms with E-state index in [0.29, 0.717) is 12.4 Å². The highest BCUT2D eigenvalue weighted by Gasteiger charge is 2.22. The molecule has 0 unspecified atom stereocenters. The van der Waals surface area contributed by atoms with Crippen LogP contribution >= 0.6 is 0 Å². The van der Waals surface area contributed by atoms with E-state index in [4.69, 9.17) is 9.84 Å². The Morgan fingerprint density at radius 1 is 1.62 bits per heavy atom. The van der Waals surface area contributed by atoms with Crippen molar-refractivity contribution < 1.29 is 9.84 Å². The minimum Gasteiger partial charge on any atom is -0.388 e. The summed E-state index contributed by atoms with van der Waals surface area (Å²) in [5.41, 5.74) is -0.226. The van der Waals surface area contributed by atoms with Crippen LogP contribution in [0.1, 0.15) is 19.7 Å². The van der Waals surface area contributed by atoms with Gasteiger partial charge in [0.25, 0.3) is 0 Å². The molecule has 1 rings (SSSR count). The van der Waals surface area contributed by atoms with Crippen molar-refractivity contribution in [3.8, 4) is 0 Å². The van der Waals surface area contributed by atoms with Gasteiger partial charge in [-0.05, 0) is 13.8 Å². The number of ether oxygens (including phenoxy) is 1. The molecule has 0 aliphatic carbocycles. The maximum atomic E-state index is 8.97. The fourth-order valence-electron chi connectivity index (χ4n) is 1.30. The highest BCUT2D eigenvalue weighted by atomic mass is 16.5. The lowest BCUT2D eigenvalue weighted by Crippen LogP contribution is -2.32. The smallest absolute Gasteiger partial charge is 0.159 e. The summed E-state index contributed by atoms with van der Waals surface area (Å²) < 4.78 is 6.89. The number of hydrogen-bond acceptors (Lipinski definition) is 4. The molecular formula is C8H15N3O2. The lowest BCUT2D eigenvalue weighted by Gasteiger charge is -2.26. The number of rotatable bonds is 4. The summed E-state index contributed by atoms with van der Waals surface area (Å²) in [5.74, 6) is 0.557. The molecule has 0 fully saturated rings. The Labute approximate surface area is 77.4 Å². The minimum atomic E-state index is -0.226. The van der Waals surface area contributed by atoms with Gasteiger partial charge in [0, 0.05) is 7.11 Å². The zero-order valence-electron chi connectivity index (χ0n) is 8.19. The van der Waals surface area contributed by atoms with Crippen molar-refractivity contribution in [2.24, 2.45) is 0 Å². The first kappa shape index (κ1) is 10.1. The minimum absolute atomic E-state index is 0.104. The molecule has 0 aliphatic rings. The zero-order chi connectivity index (χ0) is 9.90. The van der Waals surface area contributed by atoms with Crippen LogP contribution in [-0.4, -0.2) is 33.6 Å². The molecule has 0 aromatic carbocycles. The van der Waals surface area contributed by atoms with Gasteiger partial charge < -0.3 is 14.4 Å². The van der Waals surface area contributed by atoms with Crippen LogP contribution in [0.3, 0.4) is 0 Å². The third kappa shape index (κ3) is 2.05. The average molecular weight is 185 g/mol. The molecule has 5 heteroatoms. The number of aliphatic hydroxyl groups excluding tert-OH is 1. The van der Waals surface area contributed by atoms with Crippen LogP contribution in [0.25, 0.3) is 0 Å². The van der Waals surface area contributed by atoms with Crippen LogP contribution in [0.2, 0.25) is 0 Å². The first-order chi connectivity index (χ1) is 6.11. The summed E-state index contributed by atoms with van der Waals surface area (Å²) in [6.07, 6.45) is 1.60. The van der Waals surface area contributed by atoms with Gasteiger partial charge in [-0.15, -0.1) is 10.2 Å². The second-order valence-corrected chi connectivity index (χ2v) is 3.52. The van der Waals surface area contributed by atoms with Gasteiger partial charge in [0.15, 0.2) is 5.82 Å². The summed E-state index contributed by atoms with van der Waals surface area (Å²) in [6.45, 7) is 4.45. The molecule has 13 heavy (non-hydrogen) atoms. The van der Waals surface area contributed by atoms with E-state index in [1.54, 1.807) is 13.4 Å². The second kappa shape index (κ2) is 3.85. The molecule has 1 heterocycles. The lowest BCUT2D eigenvalue weighted by molar-refractivity contribution is 0.104. The summed E-state index contributed by atoms with van der Waals surface area (Å²) in [7, 11) is 1.64. The van der Waals surface area contributed by atoms with Gasteiger partial charge >= 0.3 is 0 Å². The summed E-state index contributed by atoms with van der Waals surface area (Å²) >= 11 is 0. The van der Waals surface area contributed by atoms with Gasteiger partial charge in [-0.2, -0.15) is 0 Å². The second-order valence-electron chi connectivity index (χ2n) is 3.52. The van der Waals surface area contributed by atoms with Crippen molar-refractivity contribution >= 4 is 0 Å². The molecule has 0 radical (unpaired) electrons. The predicted molar refractivity (Wildman–Crippen MR) is 47.1 cm³/mol. The summed E-state index contributed by atoms with van der Waals surface area (Å²) in [4.78, 5) is 0. The van der Waals surface area contributed by atoms with Crippen LogP contribution < -0.4 is 0 Å². The first-order valence-electron chi connectivity index (χ1n) is 4.11. The molecule has 0 atom stereocenters. The van der Waals surface area contributed by atoms with E-state index in [1.807, 2.05) is 18.4 Å². The Hall–Kier alpha value is -0.940. The van der Waals surface area contributed by atoms with E-state index in [0.717, 1.165) is 0 Å². The maximum Gasteiger partial charge on any atom is 0.159 e. The number of aromatic nitrogens is 3. The highest BCUT2D eigenvalue weighted by molar-refractivity contribution is 4.91. The van der Waals surface area contributed by atoms with E-state index in [2.05, 4.69) is 10.2 Å². The van der Waals surface area contributed by atoms with Crippen molar-refractivity contribution in [2.75, 3.05) is 13.7 Å². The van der Waals surface area contributed by atoms with Gasteiger partial charge in [0.2, 0.25) is 0 Å². The topological polar surface area (TPSA) is 60.2 Å². The van der Waals surface area contributed by atoms with Crippen LogP contribution in [0.5, 0.6) is 0 Å². The van der Waals surface area contributed by atoms with Gasteiger partial charge in [0.1, 0.15) is 12.9 Å². The Kier molecular flexibility index (Phi) is 3.00. The van der Waals surface area contributed by atoms with Crippen molar-refractivity contribution in [1.82, 2.24) is 14.8 Å². The van der Waals surface area contributed by atoms with Crippen LogP contribution in [0, 0.1) is 0 Å². The molecule has 0 amide bonds. The molecule has 0 spiro atoms. The molecular weight excluding hydrogens is 170 g/mol. The van der Waals surface area contributed by atoms with Gasteiger partial charge in [-0.1, -0.05) is 0 Å². The normalized spacial score (nSPS) is 12.0. The van der Waals surface area contributed by atoms with Crippen molar-refractivity contribution in [1.29, 1.82) is 0 Å². The lowest BCUT2D eigenvalue weighted by atomic mass is 10.1. The molecule has 5 nitrogen and oxygen atoms in total. The predicted octanol–water partition coefficient (Wildman–Crippen LogP) is 0.152. The summed E-state index contributed by atoms with van der Waals surface area (Å²) in [6, 6.07) is 0. The molecule has 1 aromatic rings. The largest absolute Gasteiger partial charge is 0.388 e. The van der Waals surface area contributed by atoms with E-state index < -0.39 is 0 Å². The van der Waals surface area contributed by atoms with Gasteiger partial charge in [-0.3, -0.25) is 0 Å². The SMILES string of the molecule is COCC(C)(C)n1cnnc1CO. The van der Waals surface area contributed by atoms with Gasteiger partial charge in [0.05, 0.1) is 12.1 Å². The van der Waals surface area contributed by atoms with Crippen LogP contribution in [-0.2, 0) is 16.9 Å². The Bertz CT molecular complexity index is 270. The standard InChI is InChI=1S/C8H15N3O2/c1-8(2,5-13-3)11-6-9-10-7(11)4-12/h6,12H,4-5H2,1-3H3. The van der Waals surface area contributed by atoms with E-state index >= 15 is 0 Å². The number of methoxy groups -OCH3 is 1. The van der Waals surface area contributed by atoms with E-state index in [1.165, 1.54) is 0 Å². The molecule has 0 bridgehead atoms. The monoisotopic (exact) mass is 185 g/mol. The maximum absolute atomic E-state index is 8.97. The average Bonchev–Trinajstić information content (AvgIpc) is 2.51. The van der Waals surface area contributed by atoms with E-state index in [-0.39, 0.29) is 12.1 Å². The Morgan fingerprint density at radius 2 is 2.31 bits per heavy atom. The molecule has 74 valence electrons. The fourth-order valence-corrected chi connectivity index (χ4v) is 1.30. The quantitative estimate of drug-likeness (QED) is 0.725. The van der Waals surface area contributed by atoms with Gasteiger partial charge in [-0.25, -0.2) is 0 Å². The number of hydrogen-bond donors (Lipinski definition) is 1. The molecule has 0 saturated heterocycles. The third-order valence-corrected chi connectivity index (χ3v) is 1.91. The molecule has 0 aliphatic heterocycles. The molecule has 1 aromatic heterocycles.